The highest BCUT2D eigenvalue weighted by atomic mass is 14.8. The average Bonchev–Trinajstić information content (AvgIpc) is 2.12. The molecule has 0 unspecified atom stereocenters. The molecule has 0 saturated heterocycles. The molecule has 0 fully saturated rings. The Morgan fingerprint density at radius 3 is 2.86 bits per heavy atom. The number of nitrogens with one attached hydrogen (secondary N) is 1. The van der Waals surface area contributed by atoms with Gasteiger partial charge in [-0.3, -0.25) is 0 Å². The first-order valence-corrected chi connectivity index (χ1v) is 5.09. The molecule has 0 aliphatic heterocycles. The van der Waals surface area contributed by atoms with Crippen LogP contribution in [0.5, 0.6) is 0 Å². The van der Waals surface area contributed by atoms with Crippen molar-refractivity contribution in [3.63, 3.8) is 0 Å². The largest absolute Gasteiger partial charge is 0.313 e. The molecule has 0 aliphatic rings. The van der Waals surface area contributed by atoms with Gasteiger partial charge in [0.15, 0.2) is 0 Å². The average molecular weight is 189 g/mol. The van der Waals surface area contributed by atoms with Crippen LogP contribution in [-0.2, 0) is 6.42 Å². The molecule has 0 aliphatic carbocycles. The Hall–Kier alpha value is -1.08. The highest BCUT2D eigenvalue weighted by Crippen LogP contribution is 2.03. The molecule has 1 heteroatoms. The molecule has 0 radical (unpaired) electrons. The summed E-state index contributed by atoms with van der Waals surface area (Å²) in [7, 11) is 0. The van der Waals surface area contributed by atoms with Crippen molar-refractivity contribution in [3.8, 4) is 0 Å². The maximum Gasteiger partial charge on any atom is 0.0159 e. The predicted molar refractivity (Wildman–Crippen MR) is 62.6 cm³/mol. The molecule has 1 rings (SSSR count). The van der Waals surface area contributed by atoms with Gasteiger partial charge in [0.1, 0.15) is 0 Å². The van der Waals surface area contributed by atoms with E-state index < -0.39 is 0 Å². The molecular weight excluding hydrogens is 170 g/mol. The Morgan fingerprint density at radius 2 is 2.21 bits per heavy atom. The molecule has 0 bridgehead atoms. The Bertz CT molecular complexity index is 302. The van der Waals surface area contributed by atoms with Crippen LogP contribution < -0.4 is 5.32 Å². The van der Waals surface area contributed by atoms with Gasteiger partial charge in [-0.25, -0.2) is 0 Å². The fourth-order valence-corrected chi connectivity index (χ4v) is 1.40. The van der Waals surface area contributed by atoms with Gasteiger partial charge in [0, 0.05) is 6.54 Å². The minimum absolute atomic E-state index is 0.922. The van der Waals surface area contributed by atoms with Gasteiger partial charge in [-0.15, -0.1) is 0 Å². The maximum absolute atomic E-state index is 3.85. The fourth-order valence-electron chi connectivity index (χ4n) is 1.40. The Morgan fingerprint density at radius 1 is 1.43 bits per heavy atom. The first kappa shape index (κ1) is 11.0. The Balaban J connectivity index is 2.28. The van der Waals surface area contributed by atoms with Gasteiger partial charge in [-0.2, -0.15) is 0 Å². The number of rotatable bonds is 5. The van der Waals surface area contributed by atoms with E-state index in [1.54, 1.807) is 0 Å². The van der Waals surface area contributed by atoms with Crippen molar-refractivity contribution < 1.29 is 0 Å². The van der Waals surface area contributed by atoms with Crippen LogP contribution in [0.15, 0.2) is 36.4 Å². The van der Waals surface area contributed by atoms with Gasteiger partial charge in [0.25, 0.3) is 0 Å². The monoisotopic (exact) mass is 189 g/mol. The normalized spacial score (nSPS) is 10.1. The van der Waals surface area contributed by atoms with E-state index in [1.807, 2.05) is 6.92 Å². The first-order valence-electron chi connectivity index (χ1n) is 5.09. The first-order chi connectivity index (χ1) is 6.68. The predicted octanol–water partition coefficient (Wildman–Crippen LogP) is 2.70. The van der Waals surface area contributed by atoms with E-state index in [0.29, 0.717) is 0 Å². The van der Waals surface area contributed by atoms with Crippen molar-refractivity contribution >= 4 is 0 Å². The summed E-state index contributed by atoms with van der Waals surface area (Å²) in [6, 6.07) is 8.66. The van der Waals surface area contributed by atoms with Crippen LogP contribution in [0.1, 0.15) is 18.1 Å². The second-order valence-electron chi connectivity index (χ2n) is 3.87. The Kier molecular flexibility index (Phi) is 4.41. The summed E-state index contributed by atoms with van der Waals surface area (Å²) >= 11 is 0. The van der Waals surface area contributed by atoms with Gasteiger partial charge < -0.3 is 5.32 Å². The van der Waals surface area contributed by atoms with Crippen LogP contribution in [0.4, 0.5) is 0 Å². The van der Waals surface area contributed by atoms with Crippen molar-refractivity contribution in [2.75, 3.05) is 13.1 Å². The number of hydrogen-bond donors (Lipinski definition) is 1. The standard InChI is InChI=1S/C13H19N/c1-11(2)10-14-8-7-13-6-4-5-12(3)9-13/h4-6,9,14H,1,7-8,10H2,2-3H3. The van der Waals surface area contributed by atoms with Gasteiger partial charge in [0.2, 0.25) is 0 Å². The van der Waals surface area contributed by atoms with Crippen molar-refractivity contribution in [1.82, 2.24) is 5.32 Å². The molecule has 0 atom stereocenters. The molecule has 1 nitrogen and oxygen atoms in total. The zero-order valence-electron chi connectivity index (χ0n) is 9.14. The lowest BCUT2D eigenvalue weighted by Crippen LogP contribution is -2.18. The third kappa shape index (κ3) is 4.24. The third-order valence-corrected chi connectivity index (χ3v) is 2.10. The second-order valence-corrected chi connectivity index (χ2v) is 3.87. The van der Waals surface area contributed by atoms with Crippen LogP contribution in [-0.4, -0.2) is 13.1 Å². The topological polar surface area (TPSA) is 12.0 Å². The number of benzene rings is 1. The maximum atomic E-state index is 3.85. The van der Waals surface area contributed by atoms with Crippen molar-refractivity contribution in [3.05, 3.63) is 47.5 Å². The van der Waals surface area contributed by atoms with E-state index in [9.17, 15) is 0 Å². The van der Waals surface area contributed by atoms with E-state index in [0.717, 1.165) is 19.5 Å². The molecule has 14 heavy (non-hydrogen) atoms. The lowest BCUT2D eigenvalue weighted by molar-refractivity contribution is 0.728. The van der Waals surface area contributed by atoms with Gasteiger partial charge in [0.05, 0.1) is 0 Å². The quantitative estimate of drug-likeness (QED) is 0.554. The van der Waals surface area contributed by atoms with Crippen LogP contribution in [0, 0.1) is 6.92 Å². The highest BCUT2D eigenvalue weighted by Gasteiger charge is 1.93. The van der Waals surface area contributed by atoms with E-state index in [-0.39, 0.29) is 0 Å². The SMILES string of the molecule is C=C(C)CNCCc1cccc(C)c1. The second kappa shape index (κ2) is 5.61. The van der Waals surface area contributed by atoms with Crippen LogP contribution in [0.3, 0.4) is 0 Å². The van der Waals surface area contributed by atoms with Crippen molar-refractivity contribution in [1.29, 1.82) is 0 Å². The zero-order valence-corrected chi connectivity index (χ0v) is 9.14. The number of hydrogen-bond acceptors (Lipinski definition) is 1. The molecule has 1 N–H and O–H groups in total. The molecule has 1 aromatic carbocycles. The van der Waals surface area contributed by atoms with Crippen LogP contribution >= 0.6 is 0 Å². The van der Waals surface area contributed by atoms with Gasteiger partial charge in [-0.1, -0.05) is 42.0 Å². The molecule has 0 spiro atoms. The summed E-state index contributed by atoms with van der Waals surface area (Å²) < 4.78 is 0. The fraction of sp³-hybridized carbons (Fsp3) is 0.385. The molecule has 0 heterocycles. The summed E-state index contributed by atoms with van der Waals surface area (Å²) in [5.41, 5.74) is 3.93. The molecule has 0 amide bonds. The van der Waals surface area contributed by atoms with E-state index >= 15 is 0 Å². The Labute approximate surface area is 86.8 Å². The molecule has 0 saturated carbocycles. The summed E-state index contributed by atoms with van der Waals surface area (Å²) in [6.45, 7) is 9.97. The molecule has 0 aromatic heterocycles. The number of aryl methyl sites for hydroxylation is 1. The minimum atomic E-state index is 0.922. The van der Waals surface area contributed by atoms with Crippen molar-refractivity contribution in [2.24, 2.45) is 0 Å². The van der Waals surface area contributed by atoms with Crippen molar-refractivity contribution in [2.45, 2.75) is 20.3 Å². The van der Waals surface area contributed by atoms with Crippen LogP contribution in [0.2, 0.25) is 0 Å². The summed E-state index contributed by atoms with van der Waals surface area (Å²) in [6.07, 6.45) is 1.09. The van der Waals surface area contributed by atoms with Gasteiger partial charge >= 0.3 is 0 Å². The molecule has 1 aromatic rings. The molecule has 76 valence electrons. The smallest absolute Gasteiger partial charge is 0.0159 e. The van der Waals surface area contributed by atoms with Crippen LogP contribution in [0.25, 0.3) is 0 Å². The van der Waals surface area contributed by atoms with E-state index in [4.69, 9.17) is 0 Å². The lowest BCUT2D eigenvalue weighted by atomic mass is 10.1. The molecular formula is C13H19N. The van der Waals surface area contributed by atoms with E-state index in [2.05, 4.69) is 43.1 Å². The summed E-state index contributed by atoms with van der Waals surface area (Å²) in [5.74, 6) is 0. The minimum Gasteiger partial charge on any atom is -0.313 e. The van der Waals surface area contributed by atoms with Gasteiger partial charge in [-0.05, 0) is 32.4 Å². The summed E-state index contributed by atoms with van der Waals surface area (Å²) in [5, 5.41) is 3.35. The summed E-state index contributed by atoms with van der Waals surface area (Å²) in [4.78, 5) is 0. The lowest BCUT2D eigenvalue weighted by Gasteiger charge is -2.04. The highest BCUT2D eigenvalue weighted by molar-refractivity contribution is 5.22. The zero-order chi connectivity index (χ0) is 10.4. The van der Waals surface area contributed by atoms with E-state index in [1.165, 1.54) is 16.7 Å². The third-order valence-electron chi connectivity index (χ3n) is 2.10.